The van der Waals surface area contributed by atoms with Gasteiger partial charge in [-0.1, -0.05) is 17.7 Å². The molecule has 0 bridgehead atoms. The molecule has 2 N–H and O–H groups in total. The molecule has 0 aromatic heterocycles. The van der Waals surface area contributed by atoms with Gasteiger partial charge in [-0.05, 0) is 38.8 Å². The number of benzene rings is 1. The normalized spacial score (nSPS) is 21.8. The third-order valence-corrected chi connectivity index (χ3v) is 4.20. The van der Waals surface area contributed by atoms with E-state index in [2.05, 4.69) is 10.6 Å². The Morgan fingerprint density at radius 2 is 1.90 bits per heavy atom. The van der Waals surface area contributed by atoms with Crippen LogP contribution in [0.15, 0.2) is 18.2 Å². The van der Waals surface area contributed by atoms with Crippen LogP contribution in [0.2, 0.25) is 5.02 Å². The Kier molecular flexibility index (Phi) is 5.14. The van der Waals surface area contributed by atoms with Gasteiger partial charge in [0.15, 0.2) is 0 Å². The highest BCUT2D eigenvalue weighted by Gasteiger charge is 2.27. The van der Waals surface area contributed by atoms with Crippen molar-refractivity contribution in [3.8, 4) is 0 Å². The molecule has 0 radical (unpaired) electrons. The number of nitro benzene ring substituents is 1. The Labute approximate surface area is 128 Å². The highest BCUT2D eigenvalue weighted by atomic mass is 35.5. The highest BCUT2D eigenvalue weighted by Crippen LogP contribution is 2.27. The summed E-state index contributed by atoms with van der Waals surface area (Å²) >= 11 is 5.96. The standard InChI is InChI=1S/C14H18ClN3O3/c1-16-9-5-7-10(8-6-9)17-14(19)13-11(15)3-2-4-12(13)18(20)21/h2-4,9-10,16H,5-8H2,1H3,(H,17,19). The van der Waals surface area contributed by atoms with Crippen LogP contribution in [0.1, 0.15) is 36.0 Å². The third-order valence-electron chi connectivity index (χ3n) is 3.89. The van der Waals surface area contributed by atoms with E-state index in [0.717, 1.165) is 25.7 Å². The minimum atomic E-state index is -0.585. The molecule has 1 aliphatic carbocycles. The quantitative estimate of drug-likeness (QED) is 0.661. The van der Waals surface area contributed by atoms with Crippen molar-refractivity contribution >= 4 is 23.2 Å². The zero-order valence-corrected chi connectivity index (χ0v) is 12.5. The molecule has 7 heteroatoms. The summed E-state index contributed by atoms with van der Waals surface area (Å²) < 4.78 is 0. The molecule has 114 valence electrons. The predicted molar refractivity (Wildman–Crippen MR) is 80.7 cm³/mol. The summed E-state index contributed by atoms with van der Waals surface area (Å²) in [7, 11) is 1.93. The lowest BCUT2D eigenvalue weighted by atomic mass is 9.91. The SMILES string of the molecule is CNC1CCC(NC(=O)c2c(Cl)cccc2[N+](=O)[O-])CC1. The molecule has 1 aromatic carbocycles. The van der Waals surface area contributed by atoms with Gasteiger partial charge >= 0.3 is 0 Å². The summed E-state index contributed by atoms with van der Waals surface area (Å²) in [5.74, 6) is -0.472. The van der Waals surface area contributed by atoms with Crippen LogP contribution in [-0.2, 0) is 0 Å². The molecule has 0 unspecified atom stereocenters. The third kappa shape index (κ3) is 3.71. The molecule has 6 nitrogen and oxygen atoms in total. The maximum Gasteiger partial charge on any atom is 0.283 e. The van der Waals surface area contributed by atoms with Crippen LogP contribution in [0.5, 0.6) is 0 Å². The second-order valence-corrected chi connectivity index (χ2v) is 5.61. The van der Waals surface area contributed by atoms with Crippen molar-refractivity contribution in [2.75, 3.05) is 7.05 Å². The van der Waals surface area contributed by atoms with Crippen molar-refractivity contribution < 1.29 is 9.72 Å². The van der Waals surface area contributed by atoms with Crippen molar-refractivity contribution in [3.05, 3.63) is 38.9 Å². The fourth-order valence-electron chi connectivity index (χ4n) is 2.67. The summed E-state index contributed by atoms with van der Waals surface area (Å²) in [6, 6.07) is 4.76. The van der Waals surface area contributed by atoms with E-state index in [1.54, 1.807) is 0 Å². The van der Waals surface area contributed by atoms with Crippen LogP contribution >= 0.6 is 11.6 Å². The highest BCUT2D eigenvalue weighted by molar-refractivity contribution is 6.34. The first-order chi connectivity index (χ1) is 10.0. The average Bonchev–Trinajstić information content (AvgIpc) is 2.47. The van der Waals surface area contributed by atoms with Crippen LogP contribution in [0.4, 0.5) is 5.69 Å². The summed E-state index contributed by atoms with van der Waals surface area (Å²) in [6.45, 7) is 0. The smallest absolute Gasteiger partial charge is 0.283 e. The van der Waals surface area contributed by atoms with E-state index < -0.39 is 10.8 Å². The first-order valence-corrected chi connectivity index (χ1v) is 7.31. The topological polar surface area (TPSA) is 84.3 Å². The lowest BCUT2D eigenvalue weighted by molar-refractivity contribution is -0.385. The van der Waals surface area contributed by atoms with E-state index in [-0.39, 0.29) is 22.3 Å². The lowest BCUT2D eigenvalue weighted by Gasteiger charge is -2.28. The second kappa shape index (κ2) is 6.87. The van der Waals surface area contributed by atoms with E-state index in [1.807, 2.05) is 7.05 Å². The van der Waals surface area contributed by atoms with Gasteiger partial charge in [0.05, 0.1) is 9.95 Å². The average molecular weight is 312 g/mol. The van der Waals surface area contributed by atoms with Crippen LogP contribution < -0.4 is 10.6 Å². The van der Waals surface area contributed by atoms with Crippen molar-refractivity contribution in [2.24, 2.45) is 0 Å². The van der Waals surface area contributed by atoms with Crippen molar-refractivity contribution in [2.45, 2.75) is 37.8 Å². The van der Waals surface area contributed by atoms with Gasteiger partial charge in [0.2, 0.25) is 0 Å². The van der Waals surface area contributed by atoms with E-state index >= 15 is 0 Å². The van der Waals surface area contributed by atoms with E-state index in [0.29, 0.717) is 6.04 Å². The minimum absolute atomic E-state index is 0.0398. The van der Waals surface area contributed by atoms with E-state index in [9.17, 15) is 14.9 Å². The number of carbonyl (C=O) groups excluding carboxylic acids is 1. The zero-order valence-electron chi connectivity index (χ0n) is 11.8. The molecule has 1 amide bonds. The molecular weight excluding hydrogens is 294 g/mol. The van der Waals surface area contributed by atoms with Crippen LogP contribution in [0.25, 0.3) is 0 Å². The summed E-state index contributed by atoms with van der Waals surface area (Å²) in [5.41, 5.74) is -0.316. The van der Waals surface area contributed by atoms with Crippen molar-refractivity contribution in [3.63, 3.8) is 0 Å². The van der Waals surface area contributed by atoms with Gasteiger partial charge in [-0.25, -0.2) is 0 Å². The number of nitro groups is 1. The van der Waals surface area contributed by atoms with Crippen molar-refractivity contribution in [1.29, 1.82) is 0 Å². The van der Waals surface area contributed by atoms with Crippen molar-refractivity contribution in [1.82, 2.24) is 10.6 Å². The second-order valence-electron chi connectivity index (χ2n) is 5.20. The summed E-state index contributed by atoms with van der Waals surface area (Å²) in [4.78, 5) is 22.7. The largest absolute Gasteiger partial charge is 0.349 e. The molecule has 1 aliphatic rings. The summed E-state index contributed by atoms with van der Waals surface area (Å²) in [5, 5.41) is 17.2. The Hall–Kier alpha value is -1.66. The van der Waals surface area contributed by atoms with Crippen LogP contribution in [0, 0.1) is 10.1 Å². The minimum Gasteiger partial charge on any atom is -0.349 e. The summed E-state index contributed by atoms with van der Waals surface area (Å²) in [6.07, 6.45) is 3.67. The number of halogens is 1. The molecule has 0 atom stereocenters. The number of nitrogens with one attached hydrogen (secondary N) is 2. The molecule has 21 heavy (non-hydrogen) atoms. The van der Waals surface area contributed by atoms with Gasteiger partial charge in [-0.2, -0.15) is 0 Å². The Balaban J connectivity index is 2.09. The molecule has 1 fully saturated rings. The maximum atomic E-state index is 12.3. The van der Waals surface area contributed by atoms with Gasteiger partial charge in [0, 0.05) is 18.2 Å². The molecule has 0 spiro atoms. The monoisotopic (exact) mass is 311 g/mol. The number of amides is 1. The lowest BCUT2D eigenvalue weighted by Crippen LogP contribution is -2.41. The van der Waals surface area contributed by atoms with Gasteiger partial charge in [-0.3, -0.25) is 14.9 Å². The molecule has 1 aromatic rings. The van der Waals surface area contributed by atoms with Gasteiger partial charge < -0.3 is 10.6 Å². The fraction of sp³-hybridized carbons (Fsp3) is 0.500. The Morgan fingerprint density at radius 1 is 1.29 bits per heavy atom. The fourth-order valence-corrected chi connectivity index (χ4v) is 2.93. The van der Waals surface area contributed by atoms with Crippen LogP contribution in [0.3, 0.4) is 0 Å². The molecule has 2 rings (SSSR count). The van der Waals surface area contributed by atoms with Gasteiger partial charge in [0.1, 0.15) is 5.56 Å². The van der Waals surface area contributed by atoms with Gasteiger partial charge in [-0.15, -0.1) is 0 Å². The number of carbonyl (C=O) groups is 1. The predicted octanol–water partition coefficient (Wildman–Crippen LogP) is 2.51. The van der Waals surface area contributed by atoms with Gasteiger partial charge in [0.25, 0.3) is 11.6 Å². The molecule has 0 heterocycles. The van der Waals surface area contributed by atoms with E-state index in [1.165, 1.54) is 18.2 Å². The van der Waals surface area contributed by atoms with E-state index in [4.69, 9.17) is 11.6 Å². The Bertz CT molecular complexity index is 542. The van der Waals surface area contributed by atoms with Crippen LogP contribution in [-0.4, -0.2) is 30.0 Å². The molecule has 0 saturated heterocycles. The Morgan fingerprint density at radius 3 is 2.48 bits per heavy atom. The number of nitrogens with zero attached hydrogens (tertiary/aromatic N) is 1. The first kappa shape index (κ1) is 15.7. The number of hydrogen-bond donors (Lipinski definition) is 2. The number of hydrogen-bond acceptors (Lipinski definition) is 4. The molecule has 1 saturated carbocycles. The first-order valence-electron chi connectivity index (χ1n) is 6.94. The number of rotatable bonds is 4. The molecular formula is C14H18ClN3O3. The zero-order chi connectivity index (χ0) is 15.4. The molecule has 0 aliphatic heterocycles. The maximum absolute atomic E-state index is 12.3.